The molecule has 0 bridgehead atoms. The van der Waals surface area contributed by atoms with E-state index in [-0.39, 0.29) is 0 Å². The molecule has 14 heavy (non-hydrogen) atoms. The molecule has 1 atom stereocenters. The van der Waals surface area contributed by atoms with E-state index in [2.05, 4.69) is 11.3 Å². The summed E-state index contributed by atoms with van der Waals surface area (Å²) >= 11 is 0. The van der Waals surface area contributed by atoms with Crippen molar-refractivity contribution in [2.45, 2.75) is 11.9 Å². The molecule has 1 aliphatic rings. The molecule has 1 aliphatic heterocycles. The molecule has 0 aliphatic carbocycles. The summed E-state index contributed by atoms with van der Waals surface area (Å²) in [6.07, 6.45) is 1.51. The fourth-order valence-electron chi connectivity index (χ4n) is 1.25. The number of allylic oxidation sites excluding steroid dienone is 2. The maximum absolute atomic E-state index is 12.7. The van der Waals surface area contributed by atoms with Crippen molar-refractivity contribution in [3.05, 3.63) is 37.2 Å². The summed E-state index contributed by atoms with van der Waals surface area (Å²) in [4.78, 5) is 0.868. The van der Waals surface area contributed by atoms with E-state index in [9.17, 15) is 13.2 Å². The number of alkyl halides is 3. The van der Waals surface area contributed by atoms with Crippen LogP contribution in [0.4, 0.5) is 13.2 Å². The average molecular weight is 205 g/mol. The zero-order valence-electron chi connectivity index (χ0n) is 7.58. The van der Waals surface area contributed by atoms with Crippen molar-refractivity contribution in [2.75, 3.05) is 7.11 Å². The lowest BCUT2D eigenvalue weighted by atomic mass is 10.1. The van der Waals surface area contributed by atoms with Crippen LogP contribution in [0.5, 0.6) is 0 Å². The van der Waals surface area contributed by atoms with Gasteiger partial charge in [-0.05, 0) is 18.4 Å². The van der Waals surface area contributed by atoms with Gasteiger partial charge in [0.05, 0.1) is 0 Å². The second-order valence-electron chi connectivity index (χ2n) is 2.69. The number of methoxy groups -OCH3 is 1. The molecule has 5 heteroatoms. The minimum absolute atomic E-state index is 0.868. The maximum atomic E-state index is 12.7. The summed E-state index contributed by atoms with van der Waals surface area (Å²) in [5.41, 5.74) is -2.43. The van der Waals surface area contributed by atoms with Crippen LogP contribution in [0.25, 0.3) is 0 Å². The van der Waals surface area contributed by atoms with Crippen molar-refractivity contribution in [1.82, 2.24) is 4.90 Å². The molecule has 0 N–H and O–H groups in total. The molecule has 0 radical (unpaired) electrons. The topological polar surface area (TPSA) is 12.5 Å². The van der Waals surface area contributed by atoms with Gasteiger partial charge in [-0.3, -0.25) is 0 Å². The highest BCUT2D eigenvalue weighted by Crippen LogP contribution is 2.39. The fourth-order valence-corrected chi connectivity index (χ4v) is 1.25. The second kappa shape index (κ2) is 3.49. The van der Waals surface area contributed by atoms with Gasteiger partial charge in [-0.2, -0.15) is 13.2 Å². The molecular weight excluding hydrogens is 195 g/mol. The summed E-state index contributed by atoms with van der Waals surface area (Å²) in [6.45, 7) is 3.30. The van der Waals surface area contributed by atoms with E-state index >= 15 is 0 Å². The lowest BCUT2D eigenvalue weighted by Crippen LogP contribution is -2.55. The maximum Gasteiger partial charge on any atom is 0.441 e. The van der Waals surface area contributed by atoms with E-state index in [1.165, 1.54) is 18.4 Å². The number of halogens is 3. The highest BCUT2D eigenvalue weighted by Gasteiger charge is 2.57. The normalized spacial score (nSPS) is 26.7. The van der Waals surface area contributed by atoms with Gasteiger partial charge in [0.2, 0.25) is 0 Å². The molecule has 1 heterocycles. The molecule has 0 saturated heterocycles. The molecular formula is C9H10F3NO. The van der Waals surface area contributed by atoms with Crippen LogP contribution in [0.3, 0.4) is 0 Å². The van der Waals surface area contributed by atoms with Gasteiger partial charge in [0, 0.05) is 13.3 Å². The van der Waals surface area contributed by atoms with Crippen LogP contribution in [0.1, 0.15) is 0 Å². The van der Waals surface area contributed by atoms with Gasteiger partial charge in [0.25, 0.3) is 5.72 Å². The van der Waals surface area contributed by atoms with Crippen molar-refractivity contribution >= 4 is 0 Å². The predicted octanol–water partition coefficient (Wildman–Crippen LogP) is 2.42. The van der Waals surface area contributed by atoms with E-state index in [1.54, 1.807) is 0 Å². The highest BCUT2D eigenvalue weighted by molar-refractivity contribution is 5.21. The summed E-state index contributed by atoms with van der Waals surface area (Å²) in [5, 5.41) is 0. The molecule has 0 aromatic carbocycles. The highest BCUT2D eigenvalue weighted by atomic mass is 19.4. The Balaban J connectivity index is 3.15. The number of hydrogen-bond acceptors (Lipinski definition) is 2. The van der Waals surface area contributed by atoms with Gasteiger partial charge in [-0.1, -0.05) is 12.7 Å². The minimum Gasteiger partial charge on any atom is -0.347 e. The van der Waals surface area contributed by atoms with Gasteiger partial charge in [-0.25, -0.2) is 0 Å². The van der Waals surface area contributed by atoms with Crippen molar-refractivity contribution in [1.29, 1.82) is 0 Å². The first-order valence-corrected chi connectivity index (χ1v) is 3.87. The molecule has 0 aromatic heterocycles. The SMILES string of the molecule is C=CN1C=CC=CC1(OC)C(F)(F)F. The first kappa shape index (κ1) is 10.8. The van der Waals surface area contributed by atoms with Crippen molar-refractivity contribution < 1.29 is 17.9 Å². The lowest BCUT2D eigenvalue weighted by Gasteiger charge is -2.40. The molecule has 1 unspecified atom stereocenters. The molecule has 78 valence electrons. The third kappa shape index (κ3) is 1.43. The first-order chi connectivity index (χ1) is 6.48. The smallest absolute Gasteiger partial charge is 0.347 e. The van der Waals surface area contributed by atoms with Gasteiger partial charge >= 0.3 is 6.18 Å². The van der Waals surface area contributed by atoms with Crippen LogP contribution < -0.4 is 0 Å². The molecule has 0 aromatic rings. The first-order valence-electron chi connectivity index (χ1n) is 3.87. The fraction of sp³-hybridized carbons (Fsp3) is 0.333. The third-order valence-electron chi connectivity index (χ3n) is 1.98. The summed E-state index contributed by atoms with van der Waals surface area (Å²) in [7, 11) is 1.01. The molecule has 0 saturated carbocycles. The lowest BCUT2D eigenvalue weighted by molar-refractivity contribution is -0.286. The molecule has 0 spiro atoms. The van der Waals surface area contributed by atoms with E-state index in [1.807, 2.05) is 0 Å². The minimum atomic E-state index is -4.52. The Morgan fingerprint density at radius 1 is 1.43 bits per heavy atom. The van der Waals surface area contributed by atoms with Gasteiger partial charge < -0.3 is 9.64 Å². The van der Waals surface area contributed by atoms with Gasteiger partial charge in [0.15, 0.2) is 0 Å². The van der Waals surface area contributed by atoms with E-state index in [4.69, 9.17) is 0 Å². The zero-order valence-corrected chi connectivity index (χ0v) is 7.58. The Hall–Kier alpha value is -1.23. The van der Waals surface area contributed by atoms with Gasteiger partial charge in [0.1, 0.15) is 0 Å². The van der Waals surface area contributed by atoms with Crippen molar-refractivity contribution in [3.63, 3.8) is 0 Å². The molecule has 0 amide bonds. The number of rotatable bonds is 2. The quantitative estimate of drug-likeness (QED) is 0.686. The summed E-state index contributed by atoms with van der Waals surface area (Å²) in [6, 6.07) is 0. The van der Waals surface area contributed by atoms with Crippen LogP contribution in [0.15, 0.2) is 37.2 Å². The summed E-state index contributed by atoms with van der Waals surface area (Å²) < 4.78 is 42.7. The number of hydrogen-bond donors (Lipinski definition) is 0. The Morgan fingerprint density at radius 3 is 2.43 bits per heavy atom. The zero-order chi connectivity index (χ0) is 10.8. The van der Waals surface area contributed by atoms with E-state index in [0.717, 1.165) is 24.3 Å². The monoisotopic (exact) mass is 205 g/mol. The van der Waals surface area contributed by atoms with Crippen LogP contribution in [0, 0.1) is 0 Å². The van der Waals surface area contributed by atoms with Crippen LogP contribution in [0.2, 0.25) is 0 Å². The largest absolute Gasteiger partial charge is 0.441 e. The Bertz CT molecular complexity index is 282. The van der Waals surface area contributed by atoms with Crippen molar-refractivity contribution in [2.24, 2.45) is 0 Å². The van der Waals surface area contributed by atoms with Gasteiger partial charge in [-0.15, -0.1) is 0 Å². The molecule has 0 fully saturated rings. The Kier molecular flexibility index (Phi) is 2.71. The number of nitrogens with zero attached hydrogens (tertiary/aromatic N) is 1. The van der Waals surface area contributed by atoms with E-state index in [0.29, 0.717) is 0 Å². The van der Waals surface area contributed by atoms with Crippen LogP contribution in [-0.4, -0.2) is 23.9 Å². The van der Waals surface area contributed by atoms with E-state index < -0.39 is 11.9 Å². The van der Waals surface area contributed by atoms with Crippen molar-refractivity contribution in [3.8, 4) is 0 Å². The predicted molar refractivity (Wildman–Crippen MR) is 46.1 cm³/mol. The third-order valence-corrected chi connectivity index (χ3v) is 1.98. The van der Waals surface area contributed by atoms with Crippen LogP contribution >= 0.6 is 0 Å². The standard InChI is InChI=1S/C9H10F3NO/c1-3-13-7-5-4-6-8(13,14-2)9(10,11)12/h3-7H,1H2,2H3. The summed E-state index contributed by atoms with van der Waals surface area (Å²) in [5.74, 6) is 0. The molecule has 2 nitrogen and oxygen atoms in total. The number of ether oxygens (including phenoxy) is 1. The average Bonchev–Trinajstić information content (AvgIpc) is 2.15. The Morgan fingerprint density at radius 2 is 2.07 bits per heavy atom. The Labute approximate surface area is 80.0 Å². The van der Waals surface area contributed by atoms with Crippen LogP contribution in [-0.2, 0) is 4.74 Å². The second-order valence-corrected chi connectivity index (χ2v) is 2.69. The molecule has 1 rings (SSSR count).